The van der Waals surface area contributed by atoms with Gasteiger partial charge in [0.05, 0.1) is 22.2 Å². The van der Waals surface area contributed by atoms with Crippen LogP contribution in [0.15, 0.2) is 80.3 Å². The Balaban J connectivity index is 0.000000230. The first-order chi connectivity index (χ1) is 20.2. The molecule has 0 atom stereocenters. The van der Waals surface area contributed by atoms with E-state index in [1.54, 1.807) is 26.5 Å². The predicted octanol–water partition coefficient (Wildman–Crippen LogP) is 6.72. The van der Waals surface area contributed by atoms with Gasteiger partial charge in [0.15, 0.2) is 0 Å². The summed E-state index contributed by atoms with van der Waals surface area (Å²) in [5, 5.41) is 17.3. The highest BCUT2D eigenvalue weighted by atomic mass is 35.5. The summed E-state index contributed by atoms with van der Waals surface area (Å²) in [6, 6.07) is 16.9. The maximum absolute atomic E-state index is 11.7. The number of nitrogens with zero attached hydrogens (tertiary/aromatic N) is 4. The largest absolute Gasteiger partial charge is 0.396 e. The quantitative estimate of drug-likeness (QED) is 0.171. The van der Waals surface area contributed by atoms with Crippen LogP contribution in [0.5, 0.6) is 0 Å². The highest BCUT2D eigenvalue weighted by molar-refractivity contribution is 7.98. The van der Waals surface area contributed by atoms with Crippen LogP contribution in [-0.2, 0) is 38.4 Å². The smallest absolute Gasteiger partial charge is 0.286 e. The average molecular weight is 648 g/mol. The summed E-state index contributed by atoms with van der Waals surface area (Å²) in [6.45, 7) is 2.42. The van der Waals surface area contributed by atoms with Gasteiger partial charge in [-0.05, 0) is 47.9 Å². The van der Waals surface area contributed by atoms with E-state index in [0.29, 0.717) is 4.90 Å². The zero-order chi connectivity index (χ0) is 30.5. The van der Waals surface area contributed by atoms with E-state index in [-0.39, 0.29) is 27.8 Å². The molecular formula is C31H36Cl2N4O3S2. The maximum atomic E-state index is 11.7. The van der Waals surface area contributed by atoms with Crippen molar-refractivity contribution >= 4 is 46.7 Å². The van der Waals surface area contributed by atoms with Gasteiger partial charge in [-0.1, -0.05) is 85.1 Å². The lowest BCUT2D eigenvalue weighted by atomic mass is 10.1. The standard InChI is InChI=1S/C16H19ClN2OS.C15H17ClN2O2S/c1-3-4-5-12-6-8-13(9-7-12)11-21-14-10-18-19(2)16(20)15(14)17;1-18-15(20)14(16)13(9-17-18)21-10-12-6-4-11(5-7-12)3-2-8-19/h6-10H,3-5,11H2,1-2H3;4-7,9,19H,2-3,8,10H2,1H3. The molecule has 0 aliphatic heterocycles. The molecule has 0 spiro atoms. The summed E-state index contributed by atoms with van der Waals surface area (Å²) in [6.07, 6.45) is 8.49. The molecule has 0 saturated heterocycles. The molecule has 4 rings (SSSR count). The molecule has 42 heavy (non-hydrogen) atoms. The van der Waals surface area contributed by atoms with Gasteiger partial charge in [-0.25, -0.2) is 9.36 Å². The minimum Gasteiger partial charge on any atom is -0.396 e. The summed E-state index contributed by atoms with van der Waals surface area (Å²) in [5.74, 6) is 1.51. The van der Waals surface area contributed by atoms with E-state index in [0.717, 1.165) is 41.2 Å². The number of aryl methyl sites for hydroxylation is 4. The third-order valence-electron chi connectivity index (χ3n) is 6.37. The van der Waals surface area contributed by atoms with Crippen LogP contribution in [-0.4, -0.2) is 31.3 Å². The molecule has 224 valence electrons. The Morgan fingerprint density at radius 2 is 1.07 bits per heavy atom. The molecule has 11 heteroatoms. The second-order valence-electron chi connectivity index (χ2n) is 9.64. The Morgan fingerprint density at radius 3 is 1.45 bits per heavy atom. The monoisotopic (exact) mass is 646 g/mol. The zero-order valence-electron chi connectivity index (χ0n) is 24.1. The fourth-order valence-electron chi connectivity index (χ4n) is 3.78. The van der Waals surface area contributed by atoms with Crippen LogP contribution in [0.3, 0.4) is 0 Å². The van der Waals surface area contributed by atoms with E-state index in [4.69, 9.17) is 28.3 Å². The minimum atomic E-state index is -0.277. The van der Waals surface area contributed by atoms with Gasteiger partial charge >= 0.3 is 0 Å². The predicted molar refractivity (Wildman–Crippen MR) is 175 cm³/mol. The average Bonchev–Trinajstić information content (AvgIpc) is 3.01. The summed E-state index contributed by atoms with van der Waals surface area (Å²) in [7, 11) is 3.17. The van der Waals surface area contributed by atoms with Crippen molar-refractivity contribution in [2.45, 2.75) is 60.3 Å². The van der Waals surface area contributed by atoms with Gasteiger partial charge in [0.1, 0.15) is 10.0 Å². The fraction of sp³-hybridized carbons (Fsp3) is 0.355. The van der Waals surface area contributed by atoms with Crippen LogP contribution >= 0.6 is 46.7 Å². The van der Waals surface area contributed by atoms with E-state index >= 15 is 0 Å². The molecule has 2 heterocycles. The lowest BCUT2D eigenvalue weighted by Crippen LogP contribution is -2.19. The summed E-state index contributed by atoms with van der Waals surface area (Å²) < 4.78 is 2.47. The Labute approximate surface area is 265 Å². The molecule has 0 aliphatic rings. The topological polar surface area (TPSA) is 90.0 Å². The van der Waals surface area contributed by atoms with Gasteiger partial charge < -0.3 is 5.11 Å². The number of hydrogen-bond donors (Lipinski definition) is 1. The van der Waals surface area contributed by atoms with Crippen molar-refractivity contribution in [2.24, 2.45) is 14.1 Å². The Kier molecular flexibility index (Phi) is 14.2. The molecule has 0 aliphatic carbocycles. The Morgan fingerprint density at radius 1 is 0.690 bits per heavy atom. The lowest BCUT2D eigenvalue weighted by molar-refractivity contribution is 0.288. The number of hydrogen-bond acceptors (Lipinski definition) is 7. The normalized spacial score (nSPS) is 10.8. The van der Waals surface area contributed by atoms with Crippen molar-refractivity contribution in [1.82, 2.24) is 19.6 Å². The number of rotatable bonds is 12. The second-order valence-corrected chi connectivity index (χ2v) is 12.4. The van der Waals surface area contributed by atoms with Crippen molar-refractivity contribution in [3.05, 3.63) is 114 Å². The molecule has 0 radical (unpaired) electrons. The summed E-state index contributed by atoms with van der Waals surface area (Å²) in [4.78, 5) is 24.8. The van der Waals surface area contributed by atoms with Gasteiger partial charge in [-0.3, -0.25) is 9.59 Å². The minimum absolute atomic E-state index is 0.214. The van der Waals surface area contributed by atoms with Crippen molar-refractivity contribution in [3.8, 4) is 0 Å². The Bertz CT molecular complexity index is 1430. The first kappa shape index (κ1) is 33.9. The van der Waals surface area contributed by atoms with Crippen LogP contribution in [0.2, 0.25) is 10.0 Å². The number of unbranched alkanes of at least 4 members (excludes halogenated alkanes) is 1. The molecular weight excluding hydrogens is 611 g/mol. The van der Waals surface area contributed by atoms with E-state index < -0.39 is 0 Å². The molecule has 1 N–H and O–H groups in total. The fourth-order valence-corrected chi connectivity index (χ4v) is 6.15. The molecule has 0 unspecified atom stereocenters. The molecule has 0 bridgehead atoms. The van der Waals surface area contributed by atoms with E-state index in [2.05, 4.69) is 65.7 Å². The second kappa shape index (κ2) is 17.5. The SMILES string of the molecule is CCCCc1ccc(CSc2cnn(C)c(=O)c2Cl)cc1.Cn1ncc(SCc2ccc(CCCO)cc2)c(Cl)c1=O. The first-order valence-corrected chi connectivity index (χ1v) is 16.4. The lowest BCUT2D eigenvalue weighted by Gasteiger charge is -2.06. The molecule has 4 aromatic rings. The van der Waals surface area contributed by atoms with Crippen LogP contribution in [0.1, 0.15) is 48.4 Å². The van der Waals surface area contributed by atoms with Crippen molar-refractivity contribution in [3.63, 3.8) is 0 Å². The van der Waals surface area contributed by atoms with Crippen LogP contribution < -0.4 is 11.1 Å². The molecule has 0 saturated carbocycles. The van der Waals surface area contributed by atoms with Gasteiger partial charge in [0, 0.05) is 32.2 Å². The first-order valence-electron chi connectivity index (χ1n) is 13.7. The highest BCUT2D eigenvalue weighted by Gasteiger charge is 2.09. The van der Waals surface area contributed by atoms with Crippen LogP contribution in [0.25, 0.3) is 0 Å². The van der Waals surface area contributed by atoms with E-state index in [1.807, 2.05) is 0 Å². The number of aliphatic hydroxyl groups is 1. The van der Waals surface area contributed by atoms with Crippen LogP contribution in [0.4, 0.5) is 0 Å². The Hall–Kier alpha value is -2.56. The number of aromatic nitrogens is 4. The molecule has 0 amide bonds. The molecule has 2 aromatic heterocycles. The summed E-state index contributed by atoms with van der Waals surface area (Å²) in [5.41, 5.74) is 4.43. The summed E-state index contributed by atoms with van der Waals surface area (Å²) >= 11 is 15.1. The van der Waals surface area contributed by atoms with E-state index in [1.165, 1.54) is 62.4 Å². The molecule has 7 nitrogen and oxygen atoms in total. The van der Waals surface area contributed by atoms with Gasteiger partial charge in [-0.15, -0.1) is 23.5 Å². The number of thioether (sulfide) groups is 2. The third kappa shape index (κ3) is 10.3. The maximum Gasteiger partial charge on any atom is 0.286 e. The van der Waals surface area contributed by atoms with E-state index in [9.17, 15) is 9.59 Å². The van der Waals surface area contributed by atoms with Gasteiger partial charge in [0.2, 0.25) is 0 Å². The van der Waals surface area contributed by atoms with Crippen molar-refractivity contribution in [1.29, 1.82) is 0 Å². The third-order valence-corrected chi connectivity index (χ3v) is 9.52. The molecule has 2 aromatic carbocycles. The molecule has 0 fully saturated rings. The van der Waals surface area contributed by atoms with Crippen molar-refractivity contribution < 1.29 is 5.11 Å². The van der Waals surface area contributed by atoms with Crippen molar-refractivity contribution in [2.75, 3.05) is 6.61 Å². The zero-order valence-corrected chi connectivity index (χ0v) is 27.2. The highest BCUT2D eigenvalue weighted by Crippen LogP contribution is 2.28. The number of halogens is 2. The number of aliphatic hydroxyl groups excluding tert-OH is 1. The van der Waals surface area contributed by atoms with Crippen LogP contribution in [0, 0.1) is 0 Å². The number of benzene rings is 2. The van der Waals surface area contributed by atoms with Gasteiger partial charge in [0.25, 0.3) is 11.1 Å². The van der Waals surface area contributed by atoms with Gasteiger partial charge in [-0.2, -0.15) is 10.2 Å².